The molecule has 12 nitrogen and oxygen atoms in total. The molecular formula is C28H24ClF2N9O3. The van der Waals surface area contributed by atoms with Crippen LogP contribution in [0.2, 0.25) is 5.02 Å². The number of nitrogens with zero attached hydrogens (tertiary/aromatic N) is 7. The Hall–Kier alpha value is -4.53. The lowest BCUT2D eigenvalue weighted by atomic mass is 9.98. The smallest absolute Gasteiger partial charge is 0.256 e. The van der Waals surface area contributed by atoms with E-state index in [4.69, 9.17) is 11.6 Å². The molecule has 2 fully saturated rings. The summed E-state index contributed by atoms with van der Waals surface area (Å²) in [6, 6.07) is 10.00. The van der Waals surface area contributed by atoms with Crippen LogP contribution in [-0.4, -0.2) is 69.9 Å². The third kappa shape index (κ3) is 4.32. The number of halogens is 3. The fourth-order valence-corrected chi connectivity index (χ4v) is 6.33. The van der Waals surface area contributed by atoms with Crippen LogP contribution in [0.5, 0.6) is 0 Å². The molecule has 0 aliphatic heterocycles. The van der Waals surface area contributed by atoms with Crippen LogP contribution >= 0.6 is 11.6 Å². The Balaban J connectivity index is 1.31. The molecule has 0 saturated heterocycles. The number of imidazole rings is 1. The highest BCUT2D eigenvalue weighted by atomic mass is 35.5. The molecule has 2 aromatic carbocycles. The summed E-state index contributed by atoms with van der Waals surface area (Å²) < 4.78 is 30.3. The molecule has 1 amide bonds. The average molecular weight is 608 g/mol. The summed E-state index contributed by atoms with van der Waals surface area (Å²) in [5, 5.41) is 36.6. The van der Waals surface area contributed by atoms with Crippen molar-refractivity contribution in [2.45, 2.75) is 31.2 Å². The van der Waals surface area contributed by atoms with E-state index in [0.717, 1.165) is 17.7 Å². The Morgan fingerprint density at radius 1 is 1.16 bits per heavy atom. The third-order valence-corrected chi connectivity index (χ3v) is 8.55. The minimum atomic E-state index is -1.27. The van der Waals surface area contributed by atoms with E-state index in [1.807, 2.05) is 12.1 Å². The van der Waals surface area contributed by atoms with Gasteiger partial charge < -0.3 is 25.4 Å². The zero-order valence-corrected chi connectivity index (χ0v) is 23.2. The van der Waals surface area contributed by atoms with E-state index >= 15 is 0 Å². The second-order valence-electron chi connectivity index (χ2n) is 10.7. The van der Waals surface area contributed by atoms with Gasteiger partial charge >= 0.3 is 0 Å². The number of aliphatic hydroxyl groups is 2. The van der Waals surface area contributed by atoms with Crippen molar-refractivity contribution in [2.24, 2.45) is 11.3 Å². The second-order valence-corrected chi connectivity index (χ2v) is 11.1. The van der Waals surface area contributed by atoms with Gasteiger partial charge in [0.15, 0.2) is 28.6 Å². The number of rotatable bonds is 7. The molecule has 4 N–H and O–H groups in total. The summed E-state index contributed by atoms with van der Waals surface area (Å²) in [6.45, 7) is 0.337. The van der Waals surface area contributed by atoms with Gasteiger partial charge in [-0.2, -0.15) is 14.6 Å². The number of aliphatic hydroxyl groups excluding tert-OH is 2. The van der Waals surface area contributed by atoms with E-state index in [9.17, 15) is 23.8 Å². The van der Waals surface area contributed by atoms with Gasteiger partial charge in [-0.3, -0.25) is 4.79 Å². The molecule has 220 valence electrons. The molecule has 0 bridgehead atoms. The van der Waals surface area contributed by atoms with Gasteiger partial charge in [-0.1, -0.05) is 28.9 Å². The Bertz CT molecular complexity index is 1900. The van der Waals surface area contributed by atoms with Crippen LogP contribution < -0.4 is 10.6 Å². The Morgan fingerprint density at radius 3 is 2.77 bits per heavy atom. The van der Waals surface area contributed by atoms with E-state index in [1.165, 1.54) is 30.3 Å². The molecule has 0 spiro atoms. The van der Waals surface area contributed by atoms with Crippen molar-refractivity contribution in [2.75, 3.05) is 12.4 Å². The number of amides is 1. The van der Waals surface area contributed by atoms with Crippen LogP contribution in [-0.2, 0) is 11.3 Å². The normalized spacial score (nSPS) is 24.2. The number of hydrogen-bond donors (Lipinski definition) is 4. The Morgan fingerprint density at radius 2 is 2.00 bits per heavy atom. The van der Waals surface area contributed by atoms with E-state index in [1.54, 1.807) is 16.7 Å². The van der Waals surface area contributed by atoms with Gasteiger partial charge in [-0.25, -0.2) is 13.8 Å². The summed E-state index contributed by atoms with van der Waals surface area (Å²) >= 11 is 6.16. The zero-order chi connectivity index (χ0) is 30.0. The fraction of sp³-hybridized carbons (Fsp3) is 0.286. The van der Waals surface area contributed by atoms with Crippen LogP contribution in [0.25, 0.3) is 28.4 Å². The summed E-state index contributed by atoms with van der Waals surface area (Å²) in [7, 11) is 1.50. The first-order valence-electron chi connectivity index (χ1n) is 13.4. The van der Waals surface area contributed by atoms with E-state index < -0.39 is 35.3 Å². The van der Waals surface area contributed by atoms with Crippen LogP contribution in [0.3, 0.4) is 0 Å². The summed E-state index contributed by atoms with van der Waals surface area (Å²) in [6.07, 6.45) is 0.853. The van der Waals surface area contributed by atoms with Gasteiger partial charge in [-0.05, 0) is 42.3 Å². The molecule has 7 rings (SSSR count). The lowest BCUT2D eigenvalue weighted by Gasteiger charge is -2.23. The number of carbonyl (C=O) groups is 1. The van der Waals surface area contributed by atoms with E-state index in [0.29, 0.717) is 40.5 Å². The van der Waals surface area contributed by atoms with Crippen LogP contribution in [0, 0.1) is 23.0 Å². The zero-order valence-electron chi connectivity index (χ0n) is 22.5. The standard InChI is InChI=1S/C28H24ClF2N9O3/c1-32-26(43)28-9-16(28)21(22(41)23(28)42)39-12-34-20-24(33-10-13-3-2-4-15(29)7-13)35-27(36-25(20)39)40-11-19(37-38-40)14-5-6-17(30)18(31)8-14/h2-8,11-12,16,21-23,41-42H,9-10H2,1H3,(H,32,43)(H,33,35,36)/t16-,21-,22+,23+,28-/m1/s1. The largest absolute Gasteiger partial charge is 0.389 e. The molecule has 5 aromatic rings. The van der Waals surface area contributed by atoms with Gasteiger partial charge in [0.1, 0.15) is 11.8 Å². The quantitative estimate of drug-likeness (QED) is 0.218. The molecular weight excluding hydrogens is 584 g/mol. The highest BCUT2D eigenvalue weighted by Gasteiger charge is 2.75. The minimum absolute atomic E-state index is 0.0746. The maximum Gasteiger partial charge on any atom is 0.256 e. The number of fused-ring (bicyclic) bond motifs is 2. The molecule has 15 heteroatoms. The van der Waals surface area contributed by atoms with Crippen molar-refractivity contribution in [1.29, 1.82) is 0 Å². The number of aromatic nitrogens is 7. The highest BCUT2D eigenvalue weighted by Crippen LogP contribution is 2.67. The molecule has 2 aliphatic carbocycles. The van der Waals surface area contributed by atoms with Crippen molar-refractivity contribution in [3.63, 3.8) is 0 Å². The molecule has 3 aromatic heterocycles. The predicted molar refractivity (Wildman–Crippen MR) is 150 cm³/mol. The topological polar surface area (TPSA) is 156 Å². The molecule has 5 atom stereocenters. The van der Waals surface area contributed by atoms with Crippen molar-refractivity contribution in [1.82, 2.24) is 39.8 Å². The maximum absolute atomic E-state index is 13.9. The number of anilines is 1. The Kier molecular flexibility index (Phi) is 6.37. The number of hydrogen-bond acceptors (Lipinski definition) is 9. The average Bonchev–Trinajstić information content (AvgIpc) is 3.26. The van der Waals surface area contributed by atoms with Crippen LogP contribution in [0.1, 0.15) is 18.0 Å². The maximum atomic E-state index is 13.9. The van der Waals surface area contributed by atoms with E-state index in [-0.39, 0.29) is 23.5 Å². The third-order valence-electron chi connectivity index (χ3n) is 8.32. The first kappa shape index (κ1) is 27.3. The summed E-state index contributed by atoms with van der Waals surface area (Å²) in [5.41, 5.74) is 1.05. The first-order valence-corrected chi connectivity index (χ1v) is 13.8. The first-order chi connectivity index (χ1) is 20.7. The molecule has 0 radical (unpaired) electrons. The van der Waals surface area contributed by atoms with E-state index in [2.05, 4.69) is 35.9 Å². The minimum Gasteiger partial charge on any atom is -0.389 e. The van der Waals surface area contributed by atoms with Gasteiger partial charge in [0.05, 0.1) is 30.1 Å². The van der Waals surface area contributed by atoms with Crippen LogP contribution in [0.4, 0.5) is 14.6 Å². The fourth-order valence-electron chi connectivity index (χ4n) is 6.12. The summed E-state index contributed by atoms with van der Waals surface area (Å²) in [4.78, 5) is 26.5. The van der Waals surface area contributed by atoms with Crippen molar-refractivity contribution < 1.29 is 23.8 Å². The second kappa shape index (κ2) is 10.0. The lowest BCUT2D eigenvalue weighted by Crippen LogP contribution is -2.41. The monoisotopic (exact) mass is 607 g/mol. The molecule has 3 heterocycles. The Labute approximate surface area is 247 Å². The molecule has 2 saturated carbocycles. The van der Waals surface area contributed by atoms with Gasteiger partial charge in [0.25, 0.3) is 5.95 Å². The molecule has 43 heavy (non-hydrogen) atoms. The molecule has 2 aliphatic rings. The lowest BCUT2D eigenvalue weighted by molar-refractivity contribution is -0.132. The molecule has 0 unspecified atom stereocenters. The van der Waals surface area contributed by atoms with Gasteiger partial charge in [0.2, 0.25) is 5.91 Å². The van der Waals surface area contributed by atoms with Crippen molar-refractivity contribution in [3.8, 4) is 17.2 Å². The van der Waals surface area contributed by atoms with Gasteiger partial charge in [0, 0.05) is 30.1 Å². The predicted octanol–water partition coefficient (Wildman–Crippen LogP) is 2.65. The highest BCUT2D eigenvalue weighted by molar-refractivity contribution is 6.30. The van der Waals surface area contributed by atoms with Crippen LogP contribution in [0.15, 0.2) is 55.0 Å². The number of benzene rings is 2. The van der Waals surface area contributed by atoms with Crippen molar-refractivity contribution in [3.05, 3.63) is 77.2 Å². The SMILES string of the molecule is CNC(=O)[C@]12C[C@@H]1[C@@H](n1cnc3c(NCc4cccc(Cl)c4)nc(-n4cc(-c5ccc(F)c(F)c5)nn4)nc31)[C@H](O)[C@@H]2O. The number of carbonyl (C=O) groups excluding carboxylic acids is 1. The van der Waals surface area contributed by atoms with Crippen molar-refractivity contribution >= 4 is 34.5 Å². The summed E-state index contributed by atoms with van der Waals surface area (Å²) in [5.74, 6) is -2.27. The van der Waals surface area contributed by atoms with Gasteiger partial charge in [-0.15, -0.1) is 5.10 Å². The number of nitrogens with one attached hydrogen (secondary N) is 2.